The van der Waals surface area contributed by atoms with Crippen molar-refractivity contribution in [1.82, 2.24) is 0 Å². The second-order valence-corrected chi connectivity index (χ2v) is 16.3. The molecule has 0 bridgehead atoms. The van der Waals surface area contributed by atoms with E-state index in [4.69, 9.17) is 24.8 Å². The third-order valence-corrected chi connectivity index (χ3v) is 10.4. The number of esters is 2. The van der Waals surface area contributed by atoms with E-state index < -0.39 is 51.1 Å². The lowest BCUT2D eigenvalue weighted by Gasteiger charge is -2.20. The number of rotatable bonds is 41. The Balaban J connectivity index is 4.35. The topological polar surface area (TPSA) is 172 Å². The predicted molar refractivity (Wildman–Crippen MR) is 226 cm³/mol. The zero-order chi connectivity index (χ0) is 41.4. The molecule has 0 aliphatic heterocycles. The van der Waals surface area contributed by atoms with E-state index in [0.717, 1.165) is 70.6 Å². The van der Waals surface area contributed by atoms with Crippen molar-refractivity contribution in [3.05, 3.63) is 36.5 Å². The molecular formula is C44H80NO10P. The van der Waals surface area contributed by atoms with Crippen molar-refractivity contribution in [1.29, 1.82) is 0 Å². The maximum atomic E-state index is 12.6. The maximum Gasteiger partial charge on any atom is 0.472 e. The molecule has 12 heteroatoms. The van der Waals surface area contributed by atoms with Crippen molar-refractivity contribution in [2.24, 2.45) is 5.73 Å². The van der Waals surface area contributed by atoms with Crippen molar-refractivity contribution in [3.8, 4) is 0 Å². The normalized spacial score (nSPS) is 14.1. The number of unbranched alkanes of at least 4 members (excludes halogenated alkanes) is 21. The number of ether oxygens (including phenoxy) is 2. The fourth-order valence-electron chi connectivity index (χ4n) is 5.96. The molecule has 0 aliphatic rings. The second-order valence-electron chi connectivity index (χ2n) is 14.8. The van der Waals surface area contributed by atoms with Gasteiger partial charge in [-0.1, -0.05) is 172 Å². The molecule has 0 saturated heterocycles. The first-order valence-electron chi connectivity index (χ1n) is 22.0. The highest BCUT2D eigenvalue weighted by molar-refractivity contribution is 7.47. The van der Waals surface area contributed by atoms with Crippen LogP contribution >= 0.6 is 7.82 Å². The summed E-state index contributed by atoms with van der Waals surface area (Å²) in [5, 5.41) is 8.89. The molecule has 0 fully saturated rings. The zero-order valence-corrected chi connectivity index (χ0v) is 36.1. The lowest BCUT2D eigenvalue weighted by atomic mass is 10.0. The van der Waals surface area contributed by atoms with Crippen molar-refractivity contribution in [2.75, 3.05) is 19.8 Å². The summed E-state index contributed by atoms with van der Waals surface area (Å²) in [6, 6.07) is -1.52. The maximum absolute atomic E-state index is 12.6. The van der Waals surface area contributed by atoms with Crippen molar-refractivity contribution in [2.45, 2.75) is 206 Å². The summed E-state index contributed by atoms with van der Waals surface area (Å²) < 4.78 is 32.7. The highest BCUT2D eigenvalue weighted by Crippen LogP contribution is 2.43. The van der Waals surface area contributed by atoms with Crippen LogP contribution in [0.25, 0.3) is 0 Å². The van der Waals surface area contributed by atoms with E-state index in [1.54, 1.807) is 0 Å². The first-order valence-corrected chi connectivity index (χ1v) is 23.5. The first kappa shape index (κ1) is 53.7. The molecule has 326 valence electrons. The van der Waals surface area contributed by atoms with Crippen LogP contribution in [0.1, 0.15) is 194 Å². The molecule has 0 saturated carbocycles. The Morgan fingerprint density at radius 3 is 1.50 bits per heavy atom. The largest absolute Gasteiger partial charge is 0.480 e. The van der Waals surface area contributed by atoms with Gasteiger partial charge in [0.1, 0.15) is 12.6 Å². The summed E-state index contributed by atoms with van der Waals surface area (Å²) in [4.78, 5) is 46.0. The summed E-state index contributed by atoms with van der Waals surface area (Å²) >= 11 is 0. The van der Waals surface area contributed by atoms with Crippen LogP contribution in [0.3, 0.4) is 0 Å². The minimum atomic E-state index is -4.72. The standard InChI is InChI=1S/C44H80NO10P/c1-3-5-7-9-11-13-15-17-19-20-22-23-25-27-29-31-33-35-42(46)52-37-40(38-53-56(50,51)54-39-41(45)44(48)49)55-43(47)36-34-32-30-28-26-24-21-18-16-14-12-10-8-6-4-2/h6,8,12,14,18,21,40-41H,3-5,7,9-11,13,15-17,19-20,22-39,45H2,1-2H3,(H,48,49)(H,50,51)/b8-6+,14-12+,21-18+/t40-,41+/m1/s1. The van der Waals surface area contributed by atoms with Crippen LogP contribution in [0.15, 0.2) is 36.5 Å². The number of aliphatic carboxylic acids is 1. The SMILES string of the molecule is CC/C=C/C/C=C/C/C=C/CCCCCCCC(=O)O[C@H](COC(=O)CCCCCCCCCCCCCCCCCCC)COP(=O)(O)OC[C@H](N)C(=O)O. The number of hydrogen-bond donors (Lipinski definition) is 3. The van der Waals surface area contributed by atoms with Gasteiger partial charge in [0.05, 0.1) is 13.2 Å². The van der Waals surface area contributed by atoms with Crippen molar-refractivity contribution in [3.63, 3.8) is 0 Å². The molecule has 0 aromatic carbocycles. The Labute approximate surface area is 340 Å². The van der Waals surface area contributed by atoms with Gasteiger partial charge in [-0.05, 0) is 44.9 Å². The molecule has 11 nitrogen and oxygen atoms in total. The third kappa shape index (κ3) is 38.6. The fourth-order valence-corrected chi connectivity index (χ4v) is 6.74. The predicted octanol–water partition coefficient (Wildman–Crippen LogP) is 11.6. The van der Waals surface area contributed by atoms with Gasteiger partial charge < -0.3 is 25.2 Å². The fraction of sp³-hybridized carbons (Fsp3) is 0.795. The Bertz CT molecular complexity index is 1100. The van der Waals surface area contributed by atoms with Crippen LogP contribution in [0.5, 0.6) is 0 Å². The van der Waals surface area contributed by atoms with Crippen LogP contribution in [-0.2, 0) is 37.5 Å². The van der Waals surface area contributed by atoms with Crippen LogP contribution < -0.4 is 5.73 Å². The summed E-state index contributed by atoms with van der Waals surface area (Å²) in [5.74, 6) is -2.39. The molecule has 56 heavy (non-hydrogen) atoms. The molecule has 4 N–H and O–H groups in total. The average molecular weight is 814 g/mol. The van der Waals surface area contributed by atoms with Gasteiger partial charge in [-0.25, -0.2) is 4.57 Å². The average Bonchev–Trinajstić information content (AvgIpc) is 3.17. The Kier molecular flexibility index (Phi) is 37.9. The van der Waals surface area contributed by atoms with E-state index >= 15 is 0 Å². The summed E-state index contributed by atoms with van der Waals surface area (Å²) in [5.41, 5.74) is 5.33. The number of hydrogen-bond acceptors (Lipinski definition) is 9. The highest BCUT2D eigenvalue weighted by Gasteiger charge is 2.28. The van der Waals surface area contributed by atoms with Gasteiger partial charge in [0.25, 0.3) is 0 Å². The lowest BCUT2D eigenvalue weighted by molar-refractivity contribution is -0.161. The summed E-state index contributed by atoms with van der Waals surface area (Å²) in [6.07, 6.45) is 42.1. The van der Waals surface area contributed by atoms with Crippen LogP contribution in [-0.4, -0.2) is 59.9 Å². The highest BCUT2D eigenvalue weighted by atomic mass is 31.2. The van der Waals surface area contributed by atoms with E-state index in [1.165, 1.54) is 83.5 Å². The van der Waals surface area contributed by atoms with Gasteiger partial charge in [-0.15, -0.1) is 0 Å². The van der Waals surface area contributed by atoms with E-state index in [-0.39, 0.29) is 19.4 Å². The molecule has 0 rings (SSSR count). The van der Waals surface area contributed by atoms with Gasteiger partial charge >= 0.3 is 25.7 Å². The van der Waals surface area contributed by atoms with E-state index in [1.807, 2.05) is 0 Å². The Morgan fingerprint density at radius 2 is 1.00 bits per heavy atom. The summed E-state index contributed by atoms with van der Waals surface area (Å²) in [6.45, 7) is 2.69. The quantitative estimate of drug-likeness (QED) is 0.0232. The van der Waals surface area contributed by atoms with Crippen LogP contribution in [0.4, 0.5) is 0 Å². The molecule has 0 aliphatic carbocycles. The van der Waals surface area contributed by atoms with Gasteiger partial charge in [0.2, 0.25) is 0 Å². The molecule has 0 aromatic rings. The van der Waals surface area contributed by atoms with Crippen molar-refractivity contribution < 1.29 is 47.5 Å². The first-order chi connectivity index (χ1) is 27.1. The molecule has 3 atom stereocenters. The minimum Gasteiger partial charge on any atom is -0.480 e. The molecule has 0 spiro atoms. The van der Waals surface area contributed by atoms with Crippen LogP contribution in [0.2, 0.25) is 0 Å². The molecule has 0 aromatic heterocycles. The lowest BCUT2D eigenvalue weighted by Crippen LogP contribution is -2.34. The Hall–Kier alpha value is -2.30. The molecule has 0 amide bonds. The number of allylic oxidation sites excluding steroid dienone is 6. The number of carboxylic acids is 1. The number of phosphoric acid groups is 1. The van der Waals surface area contributed by atoms with Gasteiger partial charge in [-0.3, -0.25) is 23.4 Å². The van der Waals surface area contributed by atoms with Gasteiger partial charge in [0.15, 0.2) is 6.10 Å². The monoisotopic (exact) mass is 814 g/mol. The van der Waals surface area contributed by atoms with Crippen LogP contribution in [0, 0.1) is 0 Å². The Morgan fingerprint density at radius 1 is 0.571 bits per heavy atom. The van der Waals surface area contributed by atoms with E-state index in [2.05, 4.69) is 54.8 Å². The number of nitrogens with two attached hydrogens (primary N) is 1. The zero-order valence-electron chi connectivity index (χ0n) is 35.2. The number of carbonyl (C=O) groups is 3. The van der Waals surface area contributed by atoms with Gasteiger partial charge in [-0.2, -0.15) is 0 Å². The van der Waals surface area contributed by atoms with Gasteiger partial charge in [0, 0.05) is 12.8 Å². The minimum absolute atomic E-state index is 0.143. The molecule has 0 radical (unpaired) electrons. The van der Waals surface area contributed by atoms with E-state index in [0.29, 0.717) is 12.8 Å². The van der Waals surface area contributed by atoms with E-state index in [9.17, 15) is 23.8 Å². The number of phosphoric ester groups is 1. The smallest absolute Gasteiger partial charge is 0.472 e. The van der Waals surface area contributed by atoms with Crippen molar-refractivity contribution >= 4 is 25.7 Å². The molecule has 0 heterocycles. The third-order valence-electron chi connectivity index (χ3n) is 9.40. The molecule has 1 unspecified atom stereocenters. The number of carbonyl (C=O) groups excluding carboxylic acids is 2. The molecular weight excluding hydrogens is 733 g/mol. The number of carboxylic acid groups (broad SMARTS) is 1. The summed E-state index contributed by atoms with van der Waals surface area (Å²) in [7, 11) is -4.72. The second kappa shape index (κ2) is 39.5.